The zero-order chi connectivity index (χ0) is 14.9. The van der Waals surface area contributed by atoms with E-state index < -0.39 is 0 Å². The molecule has 2 rings (SSSR count). The minimum absolute atomic E-state index is 0.232. The van der Waals surface area contributed by atoms with E-state index in [0.29, 0.717) is 5.56 Å². The minimum atomic E-state index is -0.240. The van der Waals surface area contributed by atoms with Crippen LogP contribution in [0.1, 0.15) is 18.4 Å². The molecule has 4 heteroatoms. The molecule has 2 aromatic rings. The van der Waals surface area contributed by atoms with Crippen LogP contribution in [0.25, 0.3) is 0 Å². The first-order chi connectivity index (χ1) is 10.3. The van der Waals surface area contributed by atoms with Crippen LogP contribution >= 0.6 is 0 Å². The second-order valence-corrected chi connectivity index (χ2v) is 4.83. The van der Waals surface area contributed by atoms with E-state index in [1.165, 1.54) is 6.07 Å². The Morgan fingerprint density at radius 1 is 1.00 bits per heavy atom. The first kappa shape index (κ1) is 15.3. The van der Waals surface area contributed by atoms with Crippen molar-refractivity contribution in [2.24, 2.45) is 5.73 Å². The average molecular weight is 288 g/mol. The zero-order valence-electron chi connectivity index (χ0n) is 12.0. The molecule has 3 nitrogen and oxygen atoms in total. The number of ether oxygens (including phenoxy) is 1. The fraction of sp³-hybridized carbons (Fsp3) is 0.294. The van der Waals surface area contributed by atoms with Crippen LogP contribution in [-0.4, -0.2) is 13.1 Å². The van der Waals surface area contributed by atoms with Crippen LogP contribution < -0.4 is 15.8 Å². The normalized spacial score (nSPS) is 10.4. The molecule has 21 heavy (non-hydrogen) atoms. The lowest BCUT2D eigenvalue weighted by atomic mass is 10.2. The molecule has 0 radical (unpaired) electrons. The summed E-state index contributed by atoms with van der Waals surface area (Å²) in [6.07, 6.45) is 2.08. The summed E-state index contributed by atoms with van der Waals surface area (Å²) in [5, 5.41) is 3.32. The van der Waals surface area contributed by atoms with Gasteiger partial charge in [-0.2, -0.15) is 0 Å². The summed E-state index contributed by atoms with van der Waals surface area (Å²) >= 11 is 0. The van der Waals surface area contributed by atoms with Gasteiger partial charge in [-0.1, -0.05) is 18.2 Å². The predicted molar refractivity (Wildman–Crippen MR) is 84.0 cm³/mol. The first-order valence-corrected chi connectivity index (χ1v) is 7.20. The molecule has 0 atom stereocenters. The third-order valence-corrected chi connectivity index (χ3v) is 3.17. The van der Waals surface area contributed by atoms with Crippen molar-refractivity contribution >= 4 is 5.69 Å². The molecule has 112 valence electrons. The second-order valence-electron chi connectivity index (χ2n) is 4.83. The number of halogens is 1. The van der Waals surface area contributed by atoms with Gasteiger partial charge < -0.3 is 15.8 Å². The number of hydrogen-bond acceptors (Lipinski definition) is 3. The molecule has 0 aliphatic rings. The summed E-state index contributed by atoms with van der Waals surface area (Å²) in [5.74, 6) is 0.487. The lowest BCUT2D eigenvalue weighted by Gasteiger charge is -2.09. The summed E-state index contributed by atoms with van der Waals surface area (Å²) in [6, 6.07) is 14.3. The Balaban J connectivity index is 1.81. The maximum Gasteiger partial charge on any atom is 0.129 e. The summed E-state index contributed by atoms with van der Waals surface area (Å²) in [6.45, 7) is 1.87. The molecule has 0 unspecified atom stereocenters. The topological polar surface area (TPSA) is 47.3 Å². The molecular formula is C17H21FN2O. The van der Waals surface area contributed by atoms with E-state index in [9.17, 15) is 4.39 Å². The highest BCUT2D eigenvalue weighted by molar-refractivity contribution is 5.46. The second kappa shape index (κ2) is 8.27. The van der Waals surface area contributed by atoms with Gasteiger partial charge in [-0.15, -0.1) is 0 Å². The van der Waals surface area contributed by atoms with Gasteiger partial charge in [0.1, 0.15) is 18.2 Å². The molecular weight excluding hydrogens is 267 g/mol. The Bertz CT molecular complexity index is 543. The molecule has 0 spiro atoms. The smallest absolute Gasteiger partial charge is 0.129 e. The van der Waals surface area contributed by atoms with Gasteiger partial charge in [0.25, 0.3) is 0 Å². The fourth-order valence-electron chi connectivity index (χ4n) is 1.95. The summed E-state index contributed by atoms with van der Waals surface area (Å²) in [4.78, 5) is 0. The quantitative estimate of drug-likeness (QED) is 0.730. The van der Waals surface area contributed by atoms with Gasteiger partial charge in [0.2, 0.25) is 0 Å². The lowest BCUT2D eigenvalue weighted by molar-refractivity contribution is 0.300. The molecule has 0 saturated heterocycles. The summed E-state index contributed by atoms with van der Waals surface area (Å²) in [7, 11) is 0. The molecule has 0 aliphatic heterocycles. The fourth-order valence-corrected chi connectivity index (χ4v) is 1.95. The van der Waals surface area contributed by atoms with Crippen LogP contribution in [0.3, 0.4) is 0 Å². The van der Waals surface area contributed by atoms with Crippen molar-refractivity contribution in [2.75, 3.05) is 18.4 Å². The molecule has 0 amide bonds. The van der Waals surface area contributed by atoms with Crippen molar-refractivity contribution in [3.8, 4) is 5.75 Å². The number of unbranched alkanes of at least 4 members (excludes halogenated alkanes) is 1. The van der Waals surface area contributed by atoms with Gasteiger partial charge in [-0.05, 0) is 49.7 Å². The van der Waals surface area contributed by atoms with Crippen molar-refractivity contribution in [1.29, 1.82) is 0 Å². The molecule has 0 bridgehead atoms. The van der Waals surface area contributed by atoms with E-state index in [1.54, 1.807) is 18.2 Å². The lowest BCUT2D eigenvalue weighted by Crippen LogP contribution is -2.05. The average Bonchev–Trinajstić information content (AvgIpc) is 2.52. The number of rotatable bonds is 8. The molecule has 2 aromatic carbocycles. The van der Waals surface area contributed by atoms with E-state index in [1.807, 2.05) is 24.3 Å². The van der Waals surface area contributed by atoms with Crippen LogP contribution in [0.15, 0.2) is 48.5 Å². The highest BCUT2D eigenvalue weighted by Crippen LogP contribution is 2.18. The minimum Gasteiger partial charge on any atom is -0.489 e. The first-order valence-electron chi connectivity index (χ1n) is 7.20. The highest BCUT2D eigenvalue weighted by atomic mass is 19.1. The SMILES string of the molecule is NCCCCNc1ccc(OCc2ccccc2F)cc1. The van der Waals surface area contributed by atoms with E-state index in [4.69, 9.17) is 10.5 Å². The largest absolute Gasteiger partial charge is 0.489 e. The maximum absolute atomic E-state index is 13.5. The van der Waals surface area contributed by atoms with Gasteiger partial charge in [-0.3, -0.25) is 0 Å². The number of hydrogen-bond donors (Lipinski definition) is 2. The number of anilines is 1. The molecule has 3 N–H and O–H groups in total. The van der Waals surface area contributed by atoms with E-state index in [-0.39, 0.29) is 12.4 Å². The molecule has 0 aliphatic carbocycles. The molecule has 0 saturated carbocycles. The standard InChI is InChI=1S/C17H21FN2O/c18-17-6-2-1-5-14(17)13-21-16-9-7-15(8-10-16)20-12-4-3-11-19/h1-2,5-10,20H,3-4,11-13,19H2. The number of nitrogens with two attached hydrogens (primary N) is 1. The highest BCUT2D eigenvalue weighted by Gasteiger charge is 2.01. The Morgan fingerprint density at radius 3 is 2.48 bits per heavy atom. The monoisotopic (exact) mass is 288 g/mol. The Morgan fingerprint density at radius 2 is 1.76 bits per heavy atom. The van der Waals surface area contributed by atoms with Crippen molar-refractivity contribution in [3.05, 3.63) is 59.9 Å². The van der Waals surface area contributed by atoms with Crippen molar-refractivity contribution < 1.29 is 9.13 Å². The summed E-state index contributed by atoms with van der Waals surface area (Å²) < 4.78 is 19.0. The Hall–Kier alpha value is -2.07. The number of benzene rings is 2. The van der Waals surface area contributed by atoms with E-state index in [2.05, 4.69) is 5.32 Å². The zero-order valence-corrected chi connectivity index (χ0v) is 12.0. The third kappa shape index (κ3) is 5.08. The third-order valence-electron chi connectivity index (χ3n) is 3.17. The van der Waals surface area contributed by atoms with Crippen molar-refractivity contribution in [1.82, 2.24) is 0 Å². The molecule has 0 fully saturated rings. The summed E-state index contributed by atoms with van der Waals surface area (Å²) in [5.41, 5.74) is 7.05. The Kier molecular flexibility index (Phi) is 6.03. The van der Waals surface area contributed by atoms with E-state index >= 15 is 0 Å². The van der Waals surface area contributed by atoms with Crippen molar-refractivity contribution in [3.63, 3.8) is 0 Å². The van der Waals surface area contributed by atoms with Crippen LogP contribution in [0, 0.1) is 5.82 Å². The van der Waals surface area contributed by atoms with Crippen LogP contribution in [0.2, 0.25) is 0 Å². The van der Waals surface area contributed by atoms with Gasteiger partial charge in [0, 0.05) is 17.8 Å². The van der Waals surface area contributed by atoms with Crippen LogP contribution in [0.5, 0.6) is 5.75 Å². The molecule has 0 heterocycles. The maximum atomic E-state index is 13.5. The van der Waals surface area contributed by atoms with Crippen LogP contribution in [0.4, 0.5) is 10.1 Å². The predicted octanol–water partition coefficient (Wildman–Crippen LogP) is 3.56. The molecule has 0 aromatic heterocycles. The van der Waals surface area contributed by atoms with E-state index in [0.717, 1.165) is 37.4 Å². The van der Waals surface area contributed by atoms with Gasteiger partial charge in [-0.25, -0.2) is 4.39 Å². The van der Waals surface area contributed by atoms with Gasteiger partial charge >= 0.3 is 0 Å². The van der Waals surface area contributed by atoms with Gasteiger partial charge in [0.05, 0.1) is 0 Å². The Labute approximate surface area is 124 Å². The van der Waals surface area contributed by atoms with Gasteiger partial charge in [0.15, 0.2) is 0 Å². The van der Waals surface area contributed by atoms with Crippen LogP contribution in [-0.2, 0) is 6.61 Å². The van der Waals surface area contributed by atoms with Crippen molar-refractivity contribution in [2.45, 2.75) is 19.4 Å². The number of nitrogens with one attached hydrogen (secondary N) is 1.